The van der Waals surface area contributed by atoms with Gasteiger partial charge in [0, 0.05) is 35.2 Å². The maximum atomic E-state index is 12.2. The van der Waals surface area contributed by atoms with Gasteiger partial charge in [-0.15, -0.1) is 0 Å². The van der Waals surface area contributed by atoms with Crippen LogP contribution in [-0.2, 0) is 0 Å². The van der Waals surface area contributed by atoms with Gasteiger partial charge in [-0.1, -0.05) is 0 Å². The Morgan fingerprint density at radius 3 is 1.25 bits per heavy atom. The maximum Gasteiger partial charge on any atom is 0.314 e. The third-order valence-corrected chi connectivity index (χ3v) is 6.23. The van der Waals surface area contributed by atoms with Crippen LogP contribution < -0.4 is 21.3 Å². The van der Waals surface area contributed by atoms with Gasteiger partial charge in [-0.25, -0.2) is 4.79 Å². The Kier molecular flexibility index (Phi) is 7.13. The topological polar surface area (TPSA) is 65.2 Å². The molecule has 5 heteroatoms. The zero-order valence-electron chi connectivity index (χ0n) is 19.7. The molecule has 0 spiro atoms. The first kappa shape index (κ1) is 23.5. The third-order valence-electron chi connectivity index (χ3n) is 6.23. The molecule has 0 bridgehead atoms. The summed E-state index contributed by atoms with van der Waals surface area (Å²) >= 11 is 0. The number of piperidine rings is 2. The molecule has 2 fully saturated rings. The van der Waals surface area contributed by atoms with Crippen molar-refractivity contribution in [3.8, 4) is 0 Å². The van der Waals surface area contributed by atoms with E-state index in [2.05, 4.69) is 76.7 Å². The second-order valence-electron chi connectivity index (χ2n) is 12.1. The molecule has 2 rings (SSSR count). The number of amides is 2. The van der Waals surface area contributed by atoms with Crippen LogP contribution in [0.4, 0.5) is 4.79 Å². The fraction of sp³-hybridized carbons (Fsp3) is 0.957. The van der Waals surface area contributed by atoms with Crippen molar-refractivity contribution in [2.75, 3.05) is 13.1 Å². The molecule has 28 heavy (non-hydrogen) atoms. The van der Waals surface area contributed by atoms with E-state index in [0.717, 1.165) is 25.9 Å². The predicted octanol–water partition coefficient (Wildman–Crippen LogP) is 4.18. The van der Waals surface area contributed by atoms with Crippen molar-refractivity contribution >= 4 is 6.03 Å². The number of urea groups is 1. The molecule has 0 aromatic heterocycles. The first-order valence-electron chi connectivity index (χ1n) is 11.3. The SMILES string of the molecule is CC1(C)CC(CCNC(=O)NCCC2CC(C)(C)NC(C)(C)C2)CC(C)(C)N1. The molecule has 0 aromatic carbocycles. The van der Waals surface area contributed by atoms with Gasteiger partial charge in [-0.3, -0.25) is 0 Å². The van der Waals surface area contributed by atoms with E-state index in [1.54, 1.807) is 0 Å². The van der Waals surface area contributed by atoms with Crippen LogP contribution in [0.2, 0.25) is 0 Å². The second-order valence-corrected chi connectivity index (χ2v) is 12.1. The Hall–Kier alpha value is -0.810. The normalized spacial score (nSPS) is 26.6. The van der Waals surface area contributed by atoms with E-state index >= 15 is 0 Å². The molecule has 2 aliphatic rings. The highest BCUT2D eigenvalue weighted by molar-refractivity contribution is 5.73. The van der Waals surface area contributed by atoms with Crippen molar-refractivity contribution in [3.05, 3.63) is 0 Å². The van der Waals surface area contributed by atoms with E-state index in [4.69, 9.17) is 0 Å². The highest BCUT2D eigenvalue weighted by Crippen LogP contribution is 2.35. The summed E-state index contributed by atoms with van der Waals surface area (Å²) in [5.41, 5.74) is 0.687. The van der Waals surface area contributed by atoms with E-state index in [9.17, 15) is 4.79 Å². The third kappa shape index (κ3) is 7.90. The minimum atomic E-state index is -0.0140. The Morgan fingerprint density at radius 1 is 0.679 bits per heavy atom. The number of nitrogens with one attached hydrogen (secondary N) is 4. The van der Waals surface area contributed by atoms with Crippen LogP contribution in [0, 0.1) is 11.8 Å². The number of carbonyl (C=O) groups is 1. The summed E-state index contributed by atoms with van der Waals surface area (Å²) in [5, 5.41) is 13.6. The monoisotopic (exact) mass is 394 g/mol. The molecule has 0 aromatic rings. The van der Waals surface area contributed by atoms with Gasteiger partial charge in [0.2, 0.25) is 0 Å². The van der Waals surface area contributed by atoms with Gasteiger partial charge in [0.1, 0.15) is 0 Å². The number of hydrogen-bond acceptors (Lipinski definition) is 3. The van der Waals surface area contributed by atoms with Gasteiger partial charge >= 0.3 is 6.03 Å². The Balaban J connectivity index is 1.65. The average Bonchev–Trinajstić information content (AvgIpc) is 2.40. The van der Waals surface area contributed by atoms with Gasteiger partial charge in [0.05, 0.1) is 0 Å². The fourth-order valence-corrected chi connectivity index (χ4v) is 6.32. The van der Waals surface area contributed by atoms with Crippen molar-refractivity contribution in [1.82, 2.24) is 21.3 Å². The van der Waals surface area contributed by atoms with Crippen LogP contribution in [-0.4, -0.2) is 41.3 Å². The molecule has 164 valence electrons. The average molecular weight is 395 g/mol. The van der Waals surface area contributed by atoms with Gasteiger partial charge in [0.15, 0.2) is 0 Å². The number of hydrogen-bond donors (Lipinski definition) is 4. The highest BCUT2D eigenvalue weighted by atomic mass is 16.2. The minimum absolute atomic E-state index is 0.0140. The van der Waals surface area contributed by atoms with Gasteiger partial charge in [0.25, 0.3) is 0 Å². The summed E-state index contributed by atoms with van der Waals surface area (Å²) < 4.78 is 0. The zero-order valence-corrected chi connectivity index (χ0v) is 19.7. The molecule has 2 heterocycles. The number of carbonyl (C=O) groups excluding carboxylic acids is 1. The van der Waals surface area contributed by atoms with Gasteiger partial charge in [-0.2, -0.15) is 0 Å². The first-order valence-corrected chi connectivity index (χ1v) is 11.3. The molecule has 4 N–H and O–H groups in total. The lowest BCUT2D eigenvalue weighted by molar-refractivity contribution is 0.123. The summed E-state index contributed by atoms with van der Waals surface area (Å²) in [5.74, 6) is 1.32. The Morgan fingerprint density at radius 2 is 0.964 bits per heavy atom. The first-order chi connectivity index (χ1) is 12.7. The Bertz CT molecular complexity index is 461. The fourth-order valence-electron chi connectivity index (χ4n) is 6.32. The Labute approximate surface area is 173 Å². The predicted molar refractivity (Wildman–Crippen MR) is 119 cm³/mol. The molecule has 0 unspecified atom stereocenters. The molecule has 0 saturated carbocycles. The van der Waals surface area contributed by atoms with Crippen LogP contribution in [0.5, 0.6) is 0 Å². The largest absolute Gasteiger partial charge is 0.338 e. The van der Waals surface area contributed by atoms with Crippen LogP contribution in [0.3, 0.4) is 0 Å². The van der Waals surface area contributed by atoms with E-state index in [0.29, 0.717) is 11.8 Å². The molecule has 0 radical (unpaired) electrons. The lowest BCUT2D eigenvalue weighted by atomic mass is 9.75. The van der Waals surface area contributed by atoms with E-state index in [1.807, 2.05) is 0 Å². The zero-order chi connectivity index (χ0) is 21.2. The quantitative estimate of drug-likeness (QED) is 0.546. The minimum Gasteiger partial charge on any atom is -0.338 e. The van der Waals surface area contributed by atoms with Gasteiger partial charge < -0.3 is 21.3 Å². The van der Waals surface area contributed by atoms with Crippen molar-refractivity contribution in [3.63, 3.8) is 0 Å². The van der Waals surface area contributed by atoms with Crippen molar-refractivity contribution in [2.45, 2.75) is 116 Å². The number of rotatable bonds is 6. The smallest absolute Gasteiger partial charge is 0.314 e. The van der Waals surface area contributed by atoms with Crippen LogP contribution in [0.25, 0.3) is 0 Å². The summed E-state index contributed by atoms with van der Waals surface area (Å²) in [6, 6.07) is -0.0140. The molecule has 2 amide bonds. The molecule has 0 aliphatic carbocycles. The summed E-state index contributed by atoms with van der Waals surface area (Å²) in [6.45, 7) is 19.8. The maximum absolute atomic E-state index is 12.2. The molecular formula is C23H46N4O. The van der Waals surface area contributed by atoms with Crippen LogP contribution >= 0.6 is 0 Å². The van der Waals surface area contributed by atoms with E-state index < -0.39 is 0 Å². The molecule has 0 atom stereocenters. The molecular weight excluding hydrogens is 348 g/mol. The second kappa shape index (κ2) is 8.51. The van der Waals surface area contributed by atoms with Crippen molar-refractivity contribution in [2.24, 2.45) is 11.8 Å². The molecule has 5 nitrogen and oxygen atoms in total. The lowest BCUT2D eigenvalue weighted by Gasteiger charge is -2.46. The van der Waals surface area contributed by atoms with Crippen molar-refractivity contribution in [1.29, 1.82) is 0 Å². The lowest BCUT2D eigenvalue weighted by Crippen LogP contribution is -2.58. The van der Waals surface area contributed by atoms with Crippen molar-refractivity contribution < 1.29 is 4.79 Å². The van der Waals surface area contributed by atoms with Gasteiger partial charge in [-0.05, 0) is 106 Å². The summed E-state index contributed by atoms with van der Waals surface area (Å²) in [4.78, 5) is 12.2. The van der Waals surface area contributed by atoms with Crippen LogP contribution in [0.1, 0.15) is 93.9 Å². The molecule has 2 saturated heterocycles. The summed E-state index contributed by atoms with van der Waals surface area (Å²) in [6.07, 6.45) is 6.78. The van der Waals surface area contributed by atoms with E-state index in [1.165, 1.54) is 25.7 Å². The van der Waals surface area contributed by atoms with E-state index in [-0.39, 0.29) is 28.2 Å². The molecule has 2 aliphatic heterocycles. The highest BCUT2D eigenvalue weighted by Gasteiger charge is 2.38. The standard InChI is InChI=1S/C23H46N4O/c1-20(2)13-17(14-21(3,4)26-20)9-11-24-19(28)25-12-10-18-15-22(5,6)27-23(7,8)16-18/h17-18,26-27H,9-16H2,1-8H3,(H2,24,25,28). The summed E-state index contributed by atoms with van der Waals surface area (Å²) in [7, 11) is 0. The van der Waals surface area contributed by atoms with Crippen LogP contribution in [0.15, 0.2) is 0 Å².